The maximum absolute atomic E-state index is 11.4. The summed E-state index contributed by atoms with van der Waals surface area (Å²) in [5.74, 6) is -1.06. The van der Waals surface area contributed by atoms with Crippen molar-refractivity contribution in [3.8, 4) is 11.4 Å². The molecule has 4 aromatic rings. The summed E-state index contributed by atoms with van der Waals surface area (Å²) < 4.78 is 6.93. The second-order valence-electron chi connectivity index (χ2n) is 5.69. The fraction of sp³-hybridized carbons (Fsp3) is 0.176. The highest BCUT2D eigenvalue weighted by Gasteiger charge is 2.18. The molecule has 0 amide bonds. The largest absolute Gasteiger partial charge is 0.478 e. The number of nitrogens with zero attached hydrogens (tertiary/aromatic N) is 4. The highest BCUT2D eigenvalue weighted by atomic mass is 35.5. The first-order valence-corrected chi connectivity index (χ1v) is 8.19. The average Bonchev–Trinajstić information content (AvgIpc) is 3.20. The number of carboxylic acid groups (broad SMARTS) is 1. The molecule has 3 heterocycles. The van der Waals surface area contributed by atoms with E-state index in [9.17, 15) is 9.90 Å². The minimum Gasteiger partial charge on any atom is -0.478 e. The number of benzene rings is 1. The summed E-state index contributed by atoms with van der Waals surface area (Å²) in [6.07, 6.45) is 2.95. The van der Waals surface area contributed by atoms with E-state index >= 15 is 0 Å². The first kappa shape index (κ1) is 16.5. The second-order valence-corrected chi connectivity index (χ2v) is 6.12. The molecular weight excluding hydrogens is 358 g/mol. The Kier molecular flexibility index (Phi) is 4.06. The molecule has 26 heavy (non-hydrogen) atoms. The summed E-state index contributed by atoms with van der Waals surface area (Å²) in [7, 11) is 1.62. The van der Waals surface area contributed by atoms with Gasteiger partial charge < -0.3 is 14.8 Å². The highest BCUT2D eigenvalue weighted by molar-refractivity contribution is 6.31. The Bertz CT molecular complexity index is 1130. The Morgan fingerprint density at radius 1 is 1.42 bits per heavy atom. The Hall–Kier alpha value is -2.97. The molecular formula is C17H14ClN5O3. The molecule has 132 valence electrons. The molecule has 1 aromatic carbocycles. The second kappa shape index (κ2) is 6.40. The third kappa shape index (κ3) is 2.69. The van der Waals surface area contributed by atoms with Crippen LogP contribution in [0.3, 0.4) is 0 Å². The zero-order chi connectivity index (χ0) is 18.3. The van der Waals surface area contributed by atoms with Crippen LogP contribution in [0.1, 0.15) is 10.4 Å². The molecule has 3 aromatic heterocycles. The van der Waals surface area contributed by atoms with Crippen LogP contribution in [-0.4, -0.2) is 49.5 Å². The van der Waals surface area contributed by atoms with Gasteiger partial charge in [0, 0.05) is 23.7 Å². The van der Waals surface area contributed by atoms with Crippen LogP contribution in [0, 0.1) is 0 Å². The van der Waals surface area contributed by atoms with Gasteiger partial charge in [-0.05, 0) is 18.2 Å². The predicted octanol–water partition coefficient (Wildman–Crippen LogP) is 2.97. The lowest BCUT2D eigenvalue weighted by atomic mass is 10.1. The van der Waals surface area contributed by atoms with Crippen LogP contribution in [-0.2, 0) is 11.3 Å². The minimum absolute atomic E-state index is 0.0699. The molecule has 0 aliphatic rings. The lowest BCUT2D eigenvalue weighted by molar-refractivity contribution is 0.0699. The van der Waals surface area contributed by atoms with Crippen molar-refractivity contribution >= 4 is 39.6 Å². The Balaban J connectivity index is 1.92. The molecule has 0 aliphatic carbocycles. The summed E-state index contributed by atoms with van der Waals surface area (Å²) in [5, 5.41) is 15.4. The van der Waals surface area contributed by atoms with Crippen LogP contribution in [0.4, 0.5) is 0 Å². The normalized spacial score (nSPS) is 11.5. The van der Waals surface area contributed by atoms with Gasteiger partial charge in [-0.3, -0.25) is 4.68 Å². The van der Waals surface area contributed by atoms with Gasteiger partial charge in [0.1, 0.15) is 22.5 Å². The zero-order valence-electron chi connectivity index (χ0n) is 13.7. The van der Waals surface area contributed by atoms with Crippen LogP contribution >= 0.6 is 11.6 Å². The van der Waals surface area contributed by atoms with Gasteiger partial charge in [0.2, 0.25) is 0 Å². The van der Waals surface area contributed by atoms with Crippen molar-refractivity contribution in [2.45, 2.75) is 6.54 Å². The van der Waals surface area contributed by atoms with E-state index in [0.717, 1.165) is 10.9 Å². The number of rotatable bonds is 5. The highest BCUT2D eigenvalue weighted by Crippen LogP contribution is 2.29. The molecule has 4 rings (SSSR count). The maximum atomic E-state index is 11.4. The fourth-order valence-electron chi connectivity index (χ4n) is 2.85. The summed E-state index contributed by atoms with van der Waals surface area (Å²) in [6, 6.07) is 5.47. The standard InChI is InChI=1S/C17H14ClN5O3/c1-26-5-4-23-13-6-9(18)2-3-10(13)14(22-23)12-8-20-16-15(21-12)11(7-19-16)17(24)25/h2-3,6-8H,4-5H2,1H3,(H,19,20)(H,24,25). The van der Waals surface area contributed by atoms with Crippen LogP contribution in [0.5, 0.6) is 0 Å². The molecule has 0 saturated carbocycles. The molecule has 9 heteroatoms. The monoisotopic (exact) mass is 371 g/mol. The summed E-state index contributed by atoms with van der Waals surface area (Å²) in [4.78, 5) is 22.9. The first-order chi connectivity index (χ1) is 12.6. The smallest absolute Gasteiger partial charge is 0.339 e. The van der Waals surface area contributed by atoms with Gasteiger partial charge in [0.05, 0.1) is 24.9 Å². The van der Waals surface area contributed by atoms with E-state index in [4.69, 9.17) is 16.3 Å². The molecule has 0 fully saturated rings. The minimum atomic E-state index is -1.06. The van der Waals surface area contributed by atoms with Gasteiger partial charge in [-0.1, -0.05) is 11.6 Å². The summed E-state index contributed by atoms with van der Waals surface area (Å²) >= 11 is 6.13. The first-order valence-electron chi connectivity index (χ1n) is 7.81. The molecule has 0 bridgehead atoms. The molecule has 8 nitrogen and oxygen atoms in total. The van der Waals surface area contributed by atoms with Crippen LogP contribution in [0.15, 0.2) is 30.6 Å². The fourth-order valence-corrected chi connectivity index (χ4v) is 3.02. The summed E-state index contributed by atoms with van der Waals surface area (Å²) in [6.45, 7) is 1.04. The Labute approximate surface area is 152 Å². The molecule has 0 radical (unpaired) electrons. The molecule has 0 aliphatic heterocycles. The van der Waals surface area contributed by atoms with Gasteiger partial charge in [0.15, 0.2) is 5.65 Å². The van der Waals surface area contributed by atoms with Crippen molar-refractivity contribution in [1.29, 1.82) is 0 Å². The Morgan fingerprint density at radius 2 is 2.27 bits per heavy atom. The van der Waals surface area contributed by atoms with Gasteiger partial charge >= 0.3 is 5.97 Å². The number of halogens is 1. The number of aromatic carboxylic acids is 1. The number of hydrogen-bond acceptors (Lipinski definition) is 5. The number of carboxylic acids is 1. The van der Waals surface area contributed by atoms with Crippen LogP contribution in [0.2, 0.25) is 5.02 Å². The van der Waals surface area contributed by atoms with E-state index in [-0.39, 0.29) is 5.56 Å². The van der Waals surface area contributed by atoms with Crippen molar-refractivity contribution in [3.05, 3.63) is 41.2 Å². The number of carbonyl (C=O) groups is 1. The third-order valence-electron chi connectivity index (χ3n) is 4.07. The molecule has 0 unspecified atom stereocenters. The summed E-state index contributed by atoms with van der Waals surface area (Å²) in [5.41, 5.74) is 2.73. The van der Waals surface area contributed by atoms with Gasteiger partial charge in [-0.25, -0.2) is 14.8 Å². The van der Waals surface area contributed by atoms with Crippen molar-refractivity contribution in [2.75, 3.05) is 13.7 Å². The quantitative estimate of drug-likeness (QED) is 0.558. The molecule has 0 saturated heterocycles. The van der Waals surface area contributed by atoms with Gasteiger partial charge in [-0.15, -0.1) is 0 Å². The number of methoxy groups -OCH3 is 1. The van der Waals surface area contributed by atoms with E-state index in [1.165, 1.54) is 6.20 Å². The Morgan fingerprint density at radius 3 is 3.04 bits per heavy atom. The number of aromatic nitrogens is 5. The number of hydrogen-bond donors (Lipinski definition) is 2. The number of nitrogens with one attached hydrogen (secondary N) is 1. The van der Waals surface area contributed by atoms with Crippen molar-refractivity contribution in [2.24, 2.45) is 0 Å². The van der Waals surface area contributed by atoms with E-state index in [2.05, 4.69) is 20.1 Å². The van der Waals surface area contributed by atoms with Crippen LogP contribution in [0.25, 0.3) is 33.5 Å². The molecule has 0 spiro atoms. The zero-order valence-corrected chi connectivity index (χ0v) is 14.5. The number of H-pyrrole nitrogens is 1. The topological polar surface area (TPSA) is 106 Å². The number of aromatic amines is 1. The van der Waals surface area contributed by atoms with Gasteiger partial charge in [0.25, 0.3) is 0 Å². The SMILES string of the molecule is COCCn1nc(-c2cnc3[nH]cc(C(=O)O)c3n2)c2ccc(Cl)cc21. The number of ether oxygens (including phenoxy) is 1. The van der Waals surface area contributed by atoms with E-state index < -0.39 is 5.97 Å². The molecule has 0 atom stereocenters. The molecule has 2 N–H and O–H groups in total. The van der Waals surface area contributed by atoms with E-state index in [1.54, 1.807) is 24.1 Å². The number of fused-ring (bicyclic) bond motifs is 2. The van der Waals surface area contributed by atoms with Gasteiger partial charge in [-0.2, -0.15) is 5.10 Å². The van der Waals surface area contributed by atoms with Crippen molar-refractivity contribution in [3.63, 3.8) is 0 Å². The lowest BCUT2D eigenvalue weighted by Crippen LogP contribution is -2.05. The van der Waals surface area contributed by atoms with Crippen molar-refractivity contribution in [1.82, 2.24) is 24.7 Å². The van der Waals surface area contributed by atoms with Crippen molar-refractivity contribution < 1.29 is 14.6 Å². The third-order valence-corrected chi connectivity index (χ3v) is 4.31. The maximum Gasteiger partial charge on any atom is 0.339 e. The lowest BCUT2D eigenvalue weighted by Gasteiger charge is -2.02. The predicted molar refractivity (Wildman–Crippen MR) is 96.5 cm³/mol. The van der Waals surface area contributed by atoms with Crippen LogP contribution < -0.4 is 0 Å². The average molecular weight is 372 g/mol. The van der Waals surface area contributed by atoms with E-state index in [1.807, 2.05) is 12.1 Å². The van der Waals surface area contributed by atoms with E-state index in [0.29, 0.717) is 40.7 Å².